The summed E-state index contributed by atoms with van der Waals surface area (Å²) in [4.78, 5) is 16.2. The zero-order valence-electron chi connectivity index (χ0n) is 12.1. The van der Waals surface area contributed by atoms with Crippen LogP contribution in [0.25, 0.3) is 0 Å². The zero-order chi connectivity index (χ0) is 14.1. The minimum absolute atomic E-state index is 0.102. The Kier molecular flexibility index (Phi) is 3.53. The van der Waals surface area contributed by atoms with Crippen LogP contribution in [0.4, 0.5) is 11.4 Å². The Morgan fingerprint density at radius 2 is 2.05 bits per heavy atom. The molecule has 5 heteroatoms. The molecule has 1 unspecified atom stereocenters. The van der Waals surface area contributed by atoms with Gasteiger partial charge in [0, 0.05) is 45.0 Å². The molecule has 1 N–H and O–H groups in total. The van der Waals surface area contributed by atoms with Crippen LogP contribution in [0.1, 0.15) is 6.92 Å². The number of hydrogen-bond acceptors (Lipinski definition) is 4. The molecular formula is C15H21N3O2. The van der Waals surface area contributed by atoms with Gasteiger partial charge in [0.2, 0.25) is 5.91 Å². The quantitative estimate of drug-likeness (QED) is 0.833. The predicted molar refractivity (Wildman–Crippen MR) is 79.6 cm³/mol. The molecule has 5 nitrogen and oxygen atoms in total. The molecule has 1 aromatic rings. The molecule has 2 heterocycles. The first-order valence-electron chi connectivity index (χ1n) is 7.17. The van der Waals surface area contributed by atoms with Crippen LogP contribution in [0.3, 0.4) is 0 Å². The van der Waals surface area contributed by atoms with E-state index in [0.29, 0.717) is 6.61 Å². The maximum Gasteiger partial charge on any atom is 0.233 e. The van der Waals surface area contributed by atoms with Crippen molar-refractivity contribution in [3.8, 4) is 5.75 Å². The number of piperazine rings is 1. The molecule has 20 heavy (non-hydrogen) atoms. The van der Waals surface area contributed by atoms with E-state index in [-0.39, 0.29) is 11.8 Å². The van der Waals surface area contributed by atoms with Gasteiger partial charge in [0.25, 0.3) is 0 Å². The first-order valence-corrected chi connectivity index (χ1v) is 7.17. The van der Waals surface area contributed by atoms with Crippen LogP contribution < -0.4 is 19.9 Å². The van der Waals surface area contributed by atoms with Gasteiger partial charge in [-0.1, -0.05) is 6.92 Å². The number of amides is 1. The smallest absolute Gasteiger partial charge is 0.233 e. The van der Waals surface area contributed by atoms with Crippen molar-refractivity contribution >= 4 is 17.3 Å². The molecule has 2 aliphatic rings. The highest BCUT2D eigenvalue weighted by atomic mass is 16.5. The Balaban J connectivity index is 1.90. The molecule has 3 rings (SSSR count). The highest BCUT2D eigenvalue weighted by Gasteiger charge is 2.26. The van der Waals surface area contributed by atoms with Gasteiger partial charge in [-0.2, -0.15) is 0 Å². The average Bonchev–Trinajstić information content (AvgIpc) is 2.60. The fraction of sp³-hybridized carbons (Fsp3) is 0.533. The zero-order valence-corrected chi connectivity index (χ0v) is 12.1. The van der Waals surface area contributed by atoms with Crippen molar-refractivity contribution in [1.82, 2.24) is 5.32 Å². The monoisotopic (exact) mass is 275 g/mol. The van der Waals surface area contributed by atoms with Crippen LogP contribution in [-0.2, 0) is 4.79 Å². The van der Waals surface area contributed by atoms with E-state index in [1.54, 1.807) is 4.90 Å². The molecule has 0 saturated carbocycles. The van der Waals surface area contributed by atoms with Gasteiger partial charge >= 0.3 is 0 Å². The van der Waals surface area contributed by atoms with Crippen LogP contribution in [0.2, 0.25) is 0 Å². The Morgan fingerprint density at radius 3 is 2.80 bits per heavy atom. The third kappa shape index (κ3) is 2.33. The second-order valence-corrected chi connectivity index (χ2v) is 5.50. The molecule has 0 radical (unpaired) electrons. The second-order valence-electron chi connectivity index (χ2n) is 5.50. The lowest BCUT2D eigenvalue weighted by Crippen LogP contribution is -2.43. The first-order chi connectivity index (χ1) is 9.66. The Hall–Kier alpha value is -1.75. The molecule has 2 aliphatic heterocycles. The van der Waals surface area contributed by atoms with Gasteiger partial charge in [-0.15, -0.1) is 0 Å². The number of anilines is 2. The van der Waals surface area contributed by atoms with Gasteiger partial charge in [0.1, 0.15) is 5.75 Å². The number of carbonyl (C=O) groups is 1. The van der Waals surface area contributed by atoms with Gasteiger partial charge < -0.3 is 19.9 Å². The van der Waals surface area contributed by atoms with Gasteiger partial charge in [-0.05, 0) is 12.1 Å². The number of hydrogen-bond donors (Lipinski definition) is 1. The predicted octanol–water partition coefficient (Wildman–Crippen LogP) is 1.09. The molecule has 0 aliphatic carbocycles. The standard InChI is InChI=1S/C15H21N3O2/c1-11-10-20-14-9-12(18-7-5-16-6-8-18)3-4-13(14)17(2)15(11)19/h3-4,9,11,16H,5-8,10H2,1-2H3. The highest BCUT2D eigenvalue weighted by molar-refractivity contribution is 5.96. The van der Waals surface area contributed by atoms with Crippen molar-refractivity contribution in [3.05, 3.63) is 18.2 Å². The molecule has 108 valence electrons. The summed E-state index contributed by atoms with van der Waals surface area (Å²) in [6.45, 7) is 6.37. The summed E-state index contributed by atoms with van der Waals surface area (Å²) in [5.74, 6) is 0.815. The molecule has 1 saturated heterocycles. The number of fused-ring (bicyclic) bond motifs is 1. The minimum atomic E-state index is -0.102. The maximum atomic E-state index is 12.1. The Bertz CT molecular complexity index is 512. The van der Waals surface area contributed by atoms with Crippen molar-refractivity contribution < 1.29 is 9.53 Å². The van der Waals surface area contributed by atoms with Gasteiger partial charge in [0.15, 0.2) is 0 Å². The van der Waals surface area contributed by atoms with Crippen molar-refractivity contribution in [2.75, 3.05) is 49.6 Å². The number of nitrogens with one attached hydrogen (secondary N) is 1. The molecule has 0 bridgehead atoms. The number of nitrogens with zero attached hydrogens (tertiary/aromatic N) is 2. The fourth-order valence-corrected chi connectivity index (χ4v) is 2.75. The average molecular weight is 275 g/mol. The van der Waals surface area contributed by atoms with Gasteiger partial charge in [-0.25, -0.2) is 0 Å². The van der Waals surface area contributed by atoms with Crippen molar-refractivity contribution in [3.63, 3.8) is 0 Å². The molecule has 1 fully saturated rings. The lowest BCUT2D eigenvalue weighted by molar-refractivity contribution is -0.122. The Labute approximate surface area is 119 Å². The van der Waals surface area contributed by atoms with E-state index in [2.05, 4.69) is 22.3 Å². The Morgan fingerprint density at radius 1 is 1.30 bits per heavy atom. The second kappa shape index (κ2) is 5.32. The van der Waals surface area contributed by atoms with Crippen molar-refractivity contribution in [1.29, 1.82) is 0 Å². The number of carbonyl (C=O) groups excluding carboxylic acids is 1. The molecule has 1 atom stereocenters. The molecular weight excluding hydrogens is 254 g/mol. The largest absolute Gasteiger partial charge is 0.491 e. The van der Waals surface area contributed by atoms with E-state index in [9.17, 15) is 4.79 Å². The summed E-state index contributed by atoms with van der Waals surface area (Å²) in [7, 11) is 1.82. The van der Waals surface area contributed by atoms with Crippen LogP contribution in [0, 0.1) is 5.92 Å². The van der Waals surface area contributed by atoms with Crippen LogP contribution >= 0.6 is 0 Å². The van der Waals surface area contributed by atoms with Crippen molar-refractivity contribution in [2.24, 2.45) is 5.92 Å². The van der Waals surface area contributed by atoms with E-state index < -0.39 is 0 Å². The lowest BCUT2D eigenvalue weighted by Gasteiger charge is -2.30. The lowest BCUT2D eigenvalue weighted by atomic mass is 10.1. The van der Waals surface area contributed by atoms with Crippen LogP contribution in [0.15, 0.2) is 18.2 Å². The maximum absolute atomic E-state index is 12.1. The number of rotatable bonds is 1. The summed E-state index contributed by atoms with van der Waals surface area (Å²) in [6, 6.07) is 6.12. The van der Waals surface area contributed by atoms with Crippen LogP contribution in [0.5, 0.6) is 5.75 Å². The van der Waals surface area contributed by atoms with E-state index in [1.165, 1.54) is 5.69 Å². The van der Waals surface area contributed by atoms with Gasteiger partial charge in [0.05, 0.1) is 18.2 Å². The van der Waals surface area contributed by atoms with Crippen molar-refractivity contribution in [2.45, 2.75) is 6.92 Å². The summed E-state index contributed by atoms with van der Waals surface area (Å²) >= 11 is 0. The summed E-state index contributed by atoms with van der Waals surface area (Å²) in [6.07, 6.45) is 0. The third-order valence-corrected chi connectivity index (χ3v) is 4.03. The topological polar surface area (TPSA) is 44.8 Å². The SMILES string of the molecule is CC1COc2cc(N3CCNCC3)ccc2N(C)C1=O. The number of benzene rings is 1. The van der Waals surface area contributed by atoms with E-state index in [4.69, 9.17) is 4.74 Å². The fourth-order valence-electron chi connectivity index (χ4n) is 2.75. The van der Waals surface area contributed by atoms with E-state index >= 15 is 0 Å². The number of ether oxygens (including phenoxy) is 1. The van der Waals surface area contributed by atoms with Crippen LogP contribution in [-0.4, -0.2) is 45.7 Å². The molecule has 1 amide bonds. The third-order valence-electron chi connectivity index (χ3n) is 4.03. The summed E-state index contributed by atoms with van der Waals surface area (Å²) in [5.41, 5.74) is 2.03. The minimum Gasteiger partial charge on any atom is -0.491 e. The first kappa shape index (κ1) is 13.2. The summed E-state index contributed by atoms with van der Waals surface area (Å²) in [5, 5.41) is 3.35. The van der Waals surface area contributed by atoms with Gasteiger partial charge in [-0.3, -0.25) is 4.79 Å². The normalized spacial score (nSPS) is 23.1. The summed E-state index contributed by atoms with van der Waals surface area (Å²) < 4.78 is 5.83. The highest BCUT2D eigenvalue weighted by Crippen LogP contribution is 2.35. The molecule has 0 spiro atoms. The van der Waals surface area contributed by atoms with E-state index in [1.807, 2.05) is 20.0 Å². The van der Waals surface area contributed by atoms with E-state index in [0.717, 1.165) is 37.6 Å². The molecule has 1 aromatic carbocycles. The molecule has 0 aromatic heterocycles.